The molecule has 1 saturated carbocycles. The quantitative estimate of drug-likeness (QED) is 0.548. The van der Waals surface area contributed by atoms with Crippen molar-refractivity contribution in [1.82, 2.24) is 0 Å². The van der Waals surface area contributed by atoms with Crippen LogP contribution >= 0.6 is 11.6 Å². The molecule has 0 aromatic heterocycles. The van der Waals surface area contributed by atoms with Crippen molar-refractivity contribution in [3.63, 3.8) is 0 Å². The number of aryl methyl sites for hydroxylation is 1. The van der Waals surface area contributed by atoms with Gasteiger partial charge in [-0.1, -0.05) is 30.2 Å². The van der Waals surface area contributed by atoms with Crippen molar-refractivity contribution in [2.45, 2.75) is 51.6 Å². The minimum Gasteiger partial charge on any atom is -0.507 e. The summed E-state index contributed by atoms with van der Waals surface area (Å²) < 4.78 is 32.0. The fourth-order valence-corrected chi connectivity index (χ4v) is 5.38. The van der Waals surface area contributed by atoms with Crippen LogP contribution in [0.3, 0.4) is 0 Å². The Morgan fingerprint density at radius 1 is 1.12 bits per heavy atom. The Hall–Kier alpha value is -2.51. The van der Waals surface area contributed by atoms with Crippen molar-refractivity contribution in [2.24, 2.45) is 0 Å². The first-order chi connectivity index (χ1) is 15.2. The molecule has 32 heavy (non-hydrogen) atoms. The van der Waals surface area contributed by atoms with Gasteiger partial charge in [0.1, 0.15) is 5.57 Å². The number of benzene rings is 2. The maximum atomic E-state index is 12.7. The molecule has 1 spiro atoms. The third-order valence-electron chi connectivity index (χ3n) is 6.23. The Labute approximate surface area is 193 Å². The van der Waals surface area contributed by atoms with Crippen LogP contribution in [0.4, 0.5) is 5.69 Å². The SMILES string of the molecule is CCS(=O)(=O)Nc1cccc(-c2cc(C)c(C3=C(O)C4(CCCCC4)OC3=O)cc2Cl)c1. The fraction of sp³-hybridized carbons (Fsp3) is 0.375. The summed E-state index contributed by atoms with van der Waals surface area (Å²) in [6, 6.07) is 10.5. The van der Waals surface area contributed by atoms with Crippen molar-refractivity contribution in [1.29, 1.82) is 0 Å². The predicted octanol–water partition coefficient (Wildman–Crippen LogP) is 5.61. The van der Waals surface area contributed by atoms with Gasteiger partial charge in [0.05, 0.1) is 5.75 Å². The summed E-state index contributed by atoms with van der Waals surface area (Å²) in [4.78, 5) is 12.7. The standard InChI is InChI=1S/C24H26ClNO5S/c1-3-32(29,30)26-17-9-7-8-16(13-17)19-12-15(2)18(14-20(19)25)21-22(27)24(31-23(21)28)10-5-4-6-11-24/h7-9,12-14,26-27H,3-6,10-11H2,1-2H3. The highest BCUT2D eigenvalue weighted by atomic mass is 35.5. The molecule has 0 radical (unpaired) electrons. The number of rotatable bonds is 5. The first kappa shape index (κ1) is 22.7. The van der Waals surface area contributed by atoms with Gasteiger partial charge in [0, 0.05) is 16.3 Å². The molecule has 2 aromatic carbocycles. The molecule has 6 nitrogen and oxygen atoms in total. The molecule has 0 amide bonds. The third kappa shape index (κ3) is 4.11. The first-order valence-electron chi connectivity index (χ1n) is 10.7. The number of carbonyl (C=O) groups is 1. The van der Waals surface area contributed by atoms with E-state index in [-0.39, 0.29) is 17.1 Å². The van der Waals surface area contributed by atoms with E-state index in [0.29, 0.717) is 34.7 Å². The number of nitrogens with one attached hydrogen (secondary N) is 1. The van der Waals surface area contributed by atoms with Crippen molar-refractivity contribution >= 4 is 38.9 Å². The summed E-state index contributed by atoms with van der Waals surface area (Å²) in [6.07, 6.45) is 4.12. The van der Waals surface area contributed by atoms with Gasteiger partial charge >= 0.3 is 5.97 Å². The molecule has 0 atom stereocenters. The highest BCUT2D eigenvalue weighted by Gasteiger charge is 2.49. The van der Waals surface area contributed by atoms with E-state index >= 15 is 0 Å². The number of halogens is 1. The Morgan fingerprint density at radius 3 is 2.53 bits per heavy atom. The molecule has 2 N–H and O–H groups in total. The topological polar surface area (TPSA) is 92.7 Å². The van der Waals surface area contributed by atoms with Crippen molar-refractivity contribution in [2.75, 3.05) is 10.5 Å². The maximum Gasteiger partial charge on any atom is 0.343 e. The maximum absolute atomic E-state index is 12.7. The Kier molecular flexibility index (Phi) is 5.98. The van der Waals surface area contributed by atoms with Crippen LogP contribution in [0.1, 0.15) is 50.2 Å². The monoisotopic (exact) mass is 475 g/mol. The van der Waals surface area contributed by atoms with E-state index in [1.54, 1.807) is 31.2 Å². The summed E-state index contributed by atoms with van der Waals surface area (Å²) in [5.41, 5.74) is 2.46. The number of sulfonamides is 1. The normalized spacial score (nSPS) is 18.2. The second kappa shape index (κ2) is 8.45. The molecule has 2 aliphatic rings. The number of hydrogen-bond donors (Lipinski definition) is 2. The van der Waals surface area contributed by atoms with Crippen molar-refractivity contribution in [3.05, 3.63) is 58.3 Å². The highest BCUT2D eigenvalue weighted by molar-refractivity contribution is 7.92. The first-order valence-corrected chi connectivity index (χ1v) is 12.8. The van der Waals surface area contributed by atoms with E-state index in [1.165, 1.54) is 0 Å². The van der Waals surface area contributed by atoms with Gasteiger partial charge in [-0.25, -0.2) is 13.2 Å². The summed E-state index contributed by atoms with van der Waals surface area (Å²) in [5, 5.41) is 11.4. The Morgan fingerprint density at radius 2 is 1.84 bits per heavy atom. The molecule has 8 heteroatoms. The van der Waals surface area contributed by atoms with Crippen molar-refractivity contribution in [3.8, 4) is 11.1 Å². The van der Waals surface area contributed by atoms with E-state index in [1.807, 2.05) is 19.1 Å². The average molecular weight is 476 g/mol. The molecule has 0 saturated heterocycles. The van der Waals surface area contributed by atoms with Gasteiger partial charge in [0.2, 0.25) is 10.0 Å². The summed E-state index contributed by atoms with van der Waals surface area (Å²) in [7, 11) is -3.40. The number of anilines is 1. The largest absolute Gasteiger partial charge is 0.507 e. The molecule has 0 bridgehead atoms. The zero-order valence-electron chi connectivity index (χ0n) is 18.1. The molecule has 1 heterocycles. The molecule has 170 valence electrons. The van der Waals surface area contributed by atoms with E-state index < -0.39 is 21.6 Å². The molecule has 1 aliphatic carbocycles. The second-order valence-corrected chi connectivity index (χ2v) is 10.8. The van der Waals surface area contributed by atoms with Crippen LogP contribution in [-0.2, 0) is 19.6 Å². The molecule has 0 unspecified atom stereocenters. The van der Waals surface area contributed by atoms with Crippen molar-refractivity contribution < 1.29 is 23.1 Å². The van der Waals surface area contributed by atoms with Gasteiger partial charge in [0.15, 0.2) is 11.4 Å². The third-order valence-corrected chi connectivity index (χ3v) is 7.85. The van der Waals surface area contributed by atoms with Crippen LogP contribution in [0, 0.1) is 6.92 Å². The van der Waals surface area contributed by atoms with E-state index in [2.05, 4.69) is 4.72 Å². The highest BCUT2D eigenvalue weighted by Crippen LogP contribution is 2.46. The summed E-state index contributed by atoms with van der Waals surface area (Å²) in [5.74, 6) is -0.542. The number of aliphatic hydroxyl groups excluding tert-OH is 1. The van der Waals surface area contributed by atoms with Gasteiger partial charge in [0.25, 0.3) is 0 Å². The number of aliphatic hydroxyl groups is 1. The number of carbonyl (C=O) groups excluding carboxylic acids is 1. The minimum atomic E-state index is -3.40. The van der Waals surface area contributed by atoms with Gasteiger partial charge in [-0.3, -0.25) is 4.72 Å². The van der Waals surface area contributed by atoms with Gasteiger partial charge in [-0.05, 0) is 80.5 Å². The molecular weight excluding hydrogens is 450 g/mol. The fourth-order valence-electron chi connectivity index (χ4n) is 4.47. The lowest BCUT2D eigenvalue weighted by Gasteiger charge is -2.31. The lowest BCUT2D eigenvalue weighted by molar-refractivity contribution is -0.149. The lowest BCUT2D eigenvalue weighted by Crippen LogP contribution is -2.34. The van der Waals surface area contributed by atoms with Crippen LogP contribution in [-0.4, -0.2) is 30.8 Å². The lowest BCUT2D eigenvalue weighted by atomic mass is 9.82. The van der Waals surface area contributed by atoms with Crippen LogP contribution in [0.2, 0.25) is 5.02 Å². The molecule has 4 rings (SSSR count). The number of ether oxygens (including phenoxy) is 1. The molecule has 2 aromatic rings. The summed E-state index contributed by atoms with van der Waals surface area (Å²) >= 11 is 6.60. The molecule has 1 aliphatic heterocycles. The number of hydrogen-bond acceptors (Lipinski definition) is 5. The van der Waals surface area contributed by atoms with E-state index in [9.17, 15) is 18.3 Å². The van der Waals surface area contributed by atoms with Gasteiger partial charge in [-0.15, -0.1) is 0 Å². The number of esters is 1. The predicted molar refractivity (Wildman–Crippen MR) is 126 cm³/mol. The van der Waals surface area contributed by atoms with Crippen LogP contribution < -0.4 is 4.72 Å². The van der Waals surface area contributed by atoms with Crippen LogP contribution in [0.25, 0.3) is 16.7 Å². The van der Waals surface area contributed by atoms with Crippen LogP contribution in [0.5, 0.6) is 0 Å². The molecular formula is C24H26ClNO5S. The Bertz CT molecular complexity index is 1210. The zero-order chi connectivity index (χ0) is 23.1. The van der Waals surface area contributed by atoms with Gasteiger partial charge in [-0.2, -0.15) is 0 Å². The zero-order valence-corrected chi connectivity index (χ0v) is 19.6. The minimum absolute atomic E-state index is 0.00471. The smallest absolute Gasteiger partial charge is 0.343 e. The Balaban J connectivity index is 1.73. The molecule has 1 fully saturated rings. The summed E-state index contributed by atoms with van der Waals surface area (Å²) in [6.45, 7) is 3.42. The van der Waals surface area contributed by atoms with Gasteiger partial charge < -0.3 is 9.84 Å². The van der Waals surface area contributed by atoms with E-state index in [0.717, 1.165) is 30.4 Å². The van der Waals surface area contributed by atoms with E-state index in [4.69, 9.17) is 16.3 Å². The average Bonchev–Trinajstić information content (AvgIpc) is 2.99. The van der Waals surface area contributed by atoms with Crippen LogP contribution in [0.15, 0.2) is 42.2 Å². The second-order valence-electron chi connectivity index (χ2n) is 8.40.